The van der Waals surface area contributed by atoms with Crippen molar-refractivity contribution in [1.82, 2.24) is 19.8 Å². The number of benzene rings is 4. The fourth-order valence-corrected chi connectivity index (χ4v) is 8.76. The number of carbonyl (C=O) groups is 1. The second-order valence-corrected chi connectivity index (χ2v) is 16.3. The van der Waals surface area contributed by atoms with Crippen LogP contribution in [0.1, 0.15) is 59.1 Å². The molecule has 2 saturated heterocycles. The zero-order chi connectivity index (χ0) is 44.9. The highest BCUT2D eigenvalue weighted by molar-refractivity contribution is 6.32. The van der Waals surface area contributed by atoms with Crippen LogP contribution in [0.15, 0.2) is 83.5 Å². The zero-order valence-electron chi connectivity index (χ0n) is 35.6. The van der Waals surface area contributed by atoms with Crippen LogP contribution in [-0.2, 0) is 35.8 Å². The van der Waals surface area contributed by atoms with Crippen molar-refractivity contribution in [2.45, 2.75) is 85.1 Å². The first-order valence-corrected chi connectivity index (χ1v) is 21.4. The highest BCUT2D eigenvalue weighted by atomic mass is 35.5. The van der Waals surface area contributed by atoms with Gasteiger partial charge in [0, 0.05) is 53.7 Å². The van der Waals surface area contributed by atoms with Crippen LogP contribution in [0.5, 0.6) is 23.0 Å². The summed E-state index contributed by atoms with van der Waals surface area (Å²) < 4.78 is 86.3. The van der Waals surface area contributed by atoms with Gasteiger partial charge in [-0.3, -0.25) is 19.6 Å². The van der Waals surface area contributed by atoms with E-state index < -0.39 is 19.3 Å². The summed E-state index contributed by atoms with van der Waals surface area (Å²) in [6, 6.07) is 19.5. The molecule has 2 fully saturated rings. The Kier molecular flexibility index (Phi) is 13.9. The molecule has 0 amide bonds. The Morgan fingerprint density at radius 1 is 0.781 bits per heavy atom. The van der Waals surface area contributed by atoms with Crippen molar-refractivity contribution in [3.8, 4) is 45.6 Å². The monoisotopic (exact) mass is 902 g/mol. The lowest BCUT2D eigenvalue weighted by Gasteiger charge is -2.23. The molecule has 2 aromatic heterocycles. The van der Waals surface area contributed by atoms with E-state index in [1.165, 1.54) is 31.6 Å². The maximum atomic E-state index is 13.6. The molecule has 0 saturated carbocycles. The van der Waals surface area contributed by atoms with Crippen LogP contribution in [0.2, 0.25) is 5.02 Å². The molecule has 0 radical (unpaired) electrons. The summed E-state index contributed by atoms with van der Waals surface area (Å²) >= 11 is 6.86. The summed E-state index contributed by atoms with van der Waals surface area (Å²) in [7, 11) is 1.33. The first-order valence-electron chi connectivity index (χ1n) is 21.0. The van der Waals surface area contributed by atoms with Crippen LogP contribution in [0, 0.1) is 13.8 Å². The van der Waals surface area contributed by atoms with Gasteiger partial charge in [0.1, 0.15) is 47.8 Å². The summed E-state index contributed by atoms with van der Waals surface area (Å²) in [6.07, 6.45) is 6.35. The lowest BCUT2D eigenvalue weighted by atomic mass is 9.91. The number of rotatable bonds is 17. The molecular weight excluding hydrogens is 856 g/mol. The predicted molar refractivity (Wildman–Crippen MR) is 232 cm³/mol. The molecule has 336 valence electrons. The number of fused-ring (bicyclic) bond motifs is 1. The smallest absolute Gasteiger partial charge is 0.387 e. The Morgan fingerprint density at radius 2 is 1.50 bits per heavy atom. The summed E-state index contributed by atoms with van der Waals surface area (Å²) in [5.41, 5.74) is 8.00. The van der Waals surface area contributed by atoms with Gasteiger partial charge in [-0.2, -0.15) is 17.6 Å². The van der Waals surface area contributed by atoms with Crippen LogP contribution in [-0.4, -0.2) is 71.7 Å². The molecule has 0 N–H and O–H groups in total. The molecule has 0 spiro atoms. The molecule has 0 aliphatic carbocycles. The van der Waals surface area contributed by atoms with Gasteiger partial charge >= 0.3 is 19.2 Å². The molecule has 2 aliphatic heterocycles. The van der Waals surface area contributed by atoms with Crippen molar-refractivity contribution in [3.05, 3.63) is 118 Å². The molecular formula is C48H47ClF4N4O7. The minimum Gasteiger partial charge on any atom is -0.488 e. The van der Waals surface area contributed by atoms with E-state index in [2.05, 4.69) is 14.6 Å². The number of hydrogen-bond donors (Lipinski definition) is 0. The Morgan fingerprint density at radius 3 is 2.27 bits per heavy atom. The van der Waals surface area contributed by atoms with E-state index in [4.69, 9.17) is 39.9 Å². The molecule has 16 heteroatoms. The third-order valence-electron chi connectivity index (χ3n) is 11.8. The summed E-state index contributed by atoms with van der Waals surface area (Å²) in [5.74, 6) is 0.809. The van der Waals surface area contributed by atoms with Gasteiger partial charge in [0.05, 0.1) is 18.3 Å². The van der Waals surface area contributed by atoms with Gasteiger partial charge < -0.3 is 28.1 Å². The van der Waals surface area contributed by atoms with Gasteiger partial charge in [0.2, 0.25) is 5.89 Å². The molecule has 0 unspecified atom stereocenters. The van der Waals surface area contributed by atoms with E-state index in [9.17, 15) is 22.4 Å². The highest BCUT2D eigenvalue weighted by Crippen LogP contribution is 2.39. The van der Waals surface area contributed by atoms with Crippen molar-refractivity contribution in [3.63, 3.8) is 0 Å². The number of ether oxygens (including phenoxy) is 5. The first kappa shape index (κ1) is 44.7. The Hall–Kier alpha value is -5.90. The minimum absolute atomic E-state index is 0.0488. The number of halogens is 5. The van der Waals surface area contributed by atoms with E-state index in [1.54, 1.807) is 12.1 Å². The fourth-order valence-electron chi connectivity index (χ4n) is 8.52. The van der Waals surface area contributed by atoms with Gasteiger partial charge in [-0.05, 0) is 111 Å². The minimum atomic E-state index is -3.07. The lowest BCUT2D eigenvalue weighted by Crippen LogP contribution is -2.36. The van der Waals surface area contributed by atoms with E-state index in [0.717, 1.165) is 71.3 Å². The zero-order valence-corrected chi connectivity index (χ0v) is 36.3. The summed E-state index contributed by atoms with van der Waals surface area (Å²) in [5, 5.41) is 0.424. The van der Waals surface area contributed by atoms with E-state index in [-0.39, 0.29) is 42.8 Å². The van der Waals surface area contributed by atoms with E-state index >= 15 is 0 Å². The molecule has 2 aliphatic rings. The quantitative estimate of drug-likeness (QED) is 0.0645. The summed E-state index contributed by atoms with van der Waals surface area (Å²) in [4.78, 5) is 25.5. The van der Waals surface area contributed by atoms with Crippen LogP contribution in [0.3, 0.4) is 0 Å². The second-order valence-electron chi connectivity index (χ2n) is 15.9. The van der Waals surface area contributed by atoms with Gasteiger partial charge in [-0.25, -0.2) is 4.98 Å². The van der Waals surface area contributed by atoms with Crippen molar-refractivity contribution < 1.29 is 50.5 Å². The van der Waals surface area contributed by atoms with Crippen molar-refractivity contribution in [2.75, 3.05) is 26.7 Å². The van der Waals surface area contributed by atoms with Gasteiger partial charge in [0.25, 0.3) is 0 Å². The molecule has 4 aromatic carbocycles. The predicted octanol–water partition coefficient (Wildman–Crippen LogP) is 10.9. The molecule has 0 bridgehead atoms. The van der Waals surface area contributed by atoms with Gasteiger partial charge in [0.15, 0.2) is 5.58 Å². The standard InChI is InChI=1S/C48H47ClF4N4O7/c1-28-31(27-61-43-20-41(32(18-38(43)49)24-56-14-4-5-15-56)60-26-30-17-34(23-54-22-30)62-47(50)51)9-6-10-35(28)36-11-7-12-37(29(36)2)45-55-39-19-33(42(64-48(52)53)21-44(39)63-45)25-57-16-8-13-40(57)46(58)59-3/h6-7,9-12,17-23,40,47-48H,4-5,8,13-16,24-27H2,1-3H3/t40-/m0/s1. The van der Waals surface area contributed by atoms with Crippen LogP contribution in [0.4, 0.5) is 17.6 Å². The summed E-state index contributed by atoms with van der Waals surface area (Å²) in [6.45, 7) is 1.53. The van der Waals surface area contributed by atoms with Crippen molar-refractivity contribution >= 4 is 28.7 Å². The number of aromatic nitrogens is 2. The number of likely N-dealkylation sites (tertiary alicyclic amines) is 2. The third-order valence-corrected chi connectivity index (χ3v) is 12.1. The Labute approximate surface area is 372 Å². The van der Waals surface area contributed by atoms with Gasteiger partial charge in [-0.1, -0.05) is 41.9 Å². The molecule has 8 rings (SSSR count). The molecule has 11 nitrogen and oxygen atoms in total. The Balaban J connectivity index is 1.03. The average Bonchev–Trinajstić information content (AvgIpc) is 4.05. The third kappa shape index (κ3) is 10.2. The van der Waals surface area contributed by atoms with Crippen LogP contribution < -0.4 is 18.9 Å². The van der Waals surface area contributed by atoms with Crippen molar-refractivity contribution in [2.24, 2.45) is 0 Å². The normalized spacial score (nSPS) is 15.7. The van der Waals surface area contributed by atoms with Gasteiger partial charge in [-0.15, -0.1) is 0 Å². The number of esters is 1. The molecule has 6 aromatic rings. The number of oxazole rings is 1. The van der Waals surface area contributed by atoms with E-state index in [1.807, 2.05) is 61.2 Å². The topological polar surface area (TPSA) is 109 Å². The van der Waals surface area contributed by atoms with Crippen LogP contribution >= 0.6 is 11.6 Å². The highest BCUT2D eigenvalue weighted by Gasteiger charge is 2.32. The number of carbonyl (C=O) groups excluding carboxylic acids is 1. The molecule has 64 heavy (non-hydrogen) atoms. The second kappa shape index (κ2) is 19.9. The number of pyridine rings is 1. The molecule has 4 heterocycles. The van der Waals surface area contributed by atoms with E-state index in [0.29, 0.717) is 58.6 Å². The Bertz CT molecular complexity index is 2620. The number of nitrogens with zero attached hydrogens (tertiary/aromatic N) is 4. The average molecular weight is 903 g/mol. The van der Waals surface area contributed by atoms with Crippen molar-refractivity contribution in [1.29, 1.82) is 0 Å². The number of alkyl halides is 4. The largest absolute Gasteiger partial charge is 0.488 e. The number of methoxy groups -OCH3 is 1. The fraction of sp³-hybridized carbons (Fsp3) is 0.354. The maximum Gasteiger partial charge on any atom is 0.387 e. The number of hydrogen-bond acceptors (Lipinski definition) is 11. The lowest BCUT2D eigenvalue weighted by molar-refractivity contribution is -0.146. The molecule has 1 atom stereocenters. The first-order chi connectivity index (χ1) is 30.9. The van der Waals surface area contributed by atoms with Crippen LogP contribution in [0.25, 0.3) is 33.7 Å². The SMILES string of the molecule is COC(=O)[C@@H]1CCCN1Cc1cc2nc(-c3cccc(-c4cccc(COc5cc(OCc6cncc(OC(F)F)c6)c(CN6CCCC6)cc5Cl)c4C)c3C)oc2cc1OC(F)F. The maximum absolute atomic E-state index is 13.6.